The quantitative estimate of drug-likeness (QED) is 0.637. The highest BCUT2D eigenvalue weighted by atomic mass is 16.5. The fourth-order valence-electron chi connectivity index (χ4n) is 1.58. The van der Waals surface area contributed by atoms with Crippen LogP contribution in [0.25, 0.3) is 0 Å². The minimum atomic E-state index is 0.674. The molecule has 0 radical (unpaired) electrons. The predicted octanol–water partition coefficient (Wildman–Crippen LogP) is 1.02. The molecular formula is C8H17NO. The van der Waals surface area contributed by atoms with Crippen LogP contribution in [0.4, 0.5) is 0 Å². The summed E-state index contributed by atoms with van der Waals surface area (Å²) in [6, 6.07) is 0.708. The van der Waals surface area contributed by atoms with E-state index in [1.54, 1.807) is 7.11 Å². The Bertz CT molecular complexity index is 89.3. The van der Waals surface area contributed by atoms with E-state index in [0.717, 1.165) is 6.61 Å². The molecule has 2 nitrogen and oxygen atoms in total. The van der Waals surface area contributed by atoms with Crippen LogP contribution in [0.5, 0.6) is 0 Å². The van der Waals surface area contributed by atoms with Crippen LogP contribution in [0.15, 0.2) is 0 Å². The molecule has 2 heteroatoms. The Hall–Kier alpha value is -0.0800. The zero-order valence-electron chi connectivity index (χ0n) is 6.89. The number of hydrogen-bond acceptors (Lipinski definition) is 2. The van der Waals surface area contributed by atoms with Gasteiger partial charge >= 0.3 is 0 Å². The van der Waals surface area contributed by atoms with Gasteiger partial charge in [-0.15, -0.1) is 0 Å². The van der Waals surface area contributed by atoms with Gasteiger partial charge in [-0.2, -0.15) is 0 Å². The molecule has 0 aromatic carbocycles. The Morgan fingerprint density at radius 3 is 3.00 bits per heavy atom. The van der Waals surface area contributed by atoms with Crippen LogP contribution in [0.2, 0.25) is 0 Å². The standard InChI is InChI=1S/C8H17NO/c1-7(6-10-2)8-4-3-5-9-8/h7-9H,3-6H2,1-2H3. The highest BCUT2D eigenvalue weighted by Crippen LogP contribution is 2.14. The first-order valence-electron chi connectivity index (χ1n) is 4.07. The van der Waals surface area contributed by atoms with Gasteiger partial charge in [0.25, 0.3) is 0 Å². The van der Waals surface area contributed by atoms with Gasteiger partial charge in [-0.25, -0.2) is 0 Å². The van der Waals surface area contributed by atoms with Gasteiger partial charge in [-0.1, -0.05) is 6.92 Å². The molecule has 0 amide bonds. The summed E-state index contributed by atoms with van der Waals surface area (Å²) in [7, 11) is 1.77. The zero-order chi connectivity index (χ0) is 7.40. The van der Waals surface area contributed by atoms with Gasteiger partial charge in [0.15, 0.2) is 0 Å². The summed E-state index contributed by atoms with van der Waals surface area (Å²) in [5.74, 6) is 0.674. The van der Waals surface area contributed by atoms with Gasteiger partial charge in [0.2, 0.25) is 0 Å². The Labute approximate surface area is 63.0 Å². The summed E-state index contributed by atoms with van der Waals surface area (Å²) >= 11 is 0. The van der Waals surface area contributed by atoms with Crippen molar-refractivity contribution in [2.45, 2.75) is 25.8 Å². The maximum atomic E-state index is 5.08. The number of methoxy groups -OCH3 is 1. The Morgan fingerprint density at radius 1 is 1.70 bits per heavy atom. The van der Waals surface area contributed by atoms with E-state index in [0.29, 0.717) is 12.0 Å². The van der Waals surface area contributed by atoms with Gasteiger partial charge in [-0.05, 0) is 25.3 Å². The van der Waals surface area contributed by atoms with Gasteiger partial charge in [0.05, 0.1) is 6.61 Å². The molecule has 1 aliphatic heterocycles. The first-order valence-corrected chi connectivity index (χ1v) is 4.07. The highest BCUT2D eigenvalue weighted by Gasteiger charge is 2.19. The first-order chi connectivity index (χ1) is 4.84. The summed E-state index contributed by atoms with van der Waals surface area (Å²) in [4.78, 5) is 0. The first kappa shape index (κ1) is 8.02. The smallest absolute Gasteiger partial charge is 0.0502 e. The summed E-state index contributed by atoms with van der Waals surface area (Å²) in [5, 5.41) is 3.46. The summed E-state index contributed by atoms with van der Waals surface area (Å²) in [5.41, 5.74) is 0. The lowest BCUT2D eigenvalue weighted by Gasteiger charge is -2.17. The molecular weight excluding hydrogens is 126 g/mol. The Morgan fingerprint density at radius 2 is 2.50 bits per heavy atom. The third kappa shape index (κ3) is 1.96. The van der Waals surface area contributed by atoms with Crippen molar-refractivity contribution in [3.63, 3.8) is 0 Å². The van der Waals surface area contributed by atoms with Crippen molar-refractivity contribution in [2.24, 2.45) is 5.92 Å². The van der Waals surface area contributed by atoms with Crippen molar-refractivity contribution in [2.75, 3.05) is 20.3 Å². The summed E-state index contributed by atoms with van der Waals surface area (Å²) < 4.78 is 5.08. The fourth-order valence-corrected chi connectivity index (χ4v) is 1.58. The largest absolute Gasteiger partial charge is 0.384 e. The maximum Gasteiger partial charge on any atom is 0.0502 e. The maximum absolute atomic E-state index is 5.08. The molecule has 1 rings (SSSR count). The molecule has 60 valence electrons. The summed E-state index contributed by atoms with van der Waals surface area (Å²) in [6.07, 6.45) is 2.66. The van der Waals surface area contributed by atoms with Gasteiger partial charge in [0, 0.05) is 13.2 Å². The predicted molar refractivity (Wildman–Crippen MR) is 42.1 cm³/mol. The minimum Gasteiger partial charge on any atom is -0.384 e. The van der Waals surface area contributed by atoms with E-state index in [9.17, 15) is 0 Å². The third-order valence-electron chi connectivity index (χ3n) is 2.21. The second kappa shape index (κ2) is 3.94. The van der Waals surface area contributed by atoms with Crippen LogP contribution in [-0.4, -0.2) is 26.3 Å². The van der Waals surface area contributed by atoms with E-state index < -0.39 is 0 Å². The molecule has 1 fully saturated rings. The number of rotatable bonds is 3. The Balaban J connectivity index is 2.18. The molecule has 1 heterocycles. The molecule has 2 atom stereocenters. The van der Waals surface area contributed by atoms with E-state index >= 15 is 0 Å². The van der Waals surface area contributed by atoms with Gasteiger partial charge in [0.1, 0.15) is 0 Å². The fraction of sp³-hybridized carbons (Fsp3) is 1.00. The average Bonchev–Trinajstić information content (AvgIpc) is 2.38. The Kier molecular flexibility index (Phi) is 3.16. The number of hydrogen-bond donors (Lipinski definition) is 1. The van der Waals surface area contributed by atoms with Crippen LogP contribution >= 0.6 is 0 Å². The number of ether oxygens (including phenoxy) is 1. The van der Waals surface area contributed by atoms with Crippen molar-refractivity contribution >= 4 is 0 Å². The van der Waals surface area contributed by atoms with E-state index in [-0.39, 0.29) is 0 Å². The summed E-state index contributed by atoms with van der Waals surface area (Å²) in [6.45, 7) is 4.32. The van der Waals surface area contributed by atoms with Crippen LogP contribution in [0.3, 0.4) is 0 Å². The van der Waals surface area contributed by atoms with E-state index in [1.807, 2.05) is 0 Å². The van der Waals surface area contributed by atoms with Crippen LogP contribution < -0.4 is 5.32 Å². The number of nitrogens with one attached hydrogen (secondary N) is 1. The molecule has 1 saturated heterocycles. The van der Waals surface area contributed by atoms with Crippen LogP contribution in [0.1, 0.15) is 19.8 Å². The van der Waals surface area contributed by atoms with Crippen molar-refractivity contribution in [1.82, 2.24) is 5.32 Å². The third-order valence-corrected chi connectivity index (χ3v) is 2.21. The molecule has 2 unspecified atom stereocenters. The lowest BCUT2D eigenvalue weighted by Crippen LogP contribution is -2.31. The van der Waals surface area contributed by atoms with E-state index in [4.69, 9.17) is 4.74 Å². The molecule has 10 heavy (non-hydrogen) atoms. The molecule has 0 aliphatic carbocycles. The van der Waals surface area contributed by atoms with Gasteiger partial charge in [-0.3, -0.25) is 0 Å². The van der Waals surface area contributed by atoms with Crippen molar-refractivity contribution in [1.29, 1.82) is 0 Å². The molecule has 1 aliphatic rings. The second-order valence-electron chi connectivity index (χ2n) is 3.14. The van der Waals surface area contributed by atoms with E-state index in [1.165, 1.54) is 19.4 Å². The molecule has 0 aromatic rings. The normalized spacial score (nSPS) is 28.8. The lowest BCUT2D eigenvalue weighted by molar-refractivity contribution is 0.143. The van der Waals surface area contributed by atoms with Crippen LogP contribution in [0, 0.1) is 5.92 Å². The van der Waals surface area contributed by atoms with E-state index in [2.05, 4.69) is 12.2 Å². The van der Waals surface area contributed by atoms with Gasteiger partial charge < -0.3 is 10.1 Å². The lowest BCUT2D eigenvalue weighted by atomic mass is 10.0. The minimum absolute atomic E-state index is 0.674. The molecule has 0 saturated carbocycles. The zero-order valence-corrected chi connectivity index (χ0v) is 6.89. The molecule has 1 N–H and O–H groups in total. The van der Waals surface area contributed by atoms with Crippen molar-refractivity contribution in [3.05, 3.63) is 0 Å². The van der Waals surface area contributed by atoms with Crippen LogP contribution in [-0.2, 0) is 4.74 Å². The van der Waals surface area contributed by atoms with Crippen molar-refractivity contribution in [3.8, 4) is 0 Å². The highest BCUT2D eigenvalue weighted by molar-refractivity contribution is 4.78. The topological polar surface area (TPSA) is 21.3 Å². The molecule has 0 spiro atoms. The monoisotopic (exact) mass is 143 g/mol. The van der Waals surface area contributed by atoms with Crippen molar-refractivity contribution < 1.29 is 4.74 Å². The average molecular weight is 143 g/mol. The SMILES string of the molecule is COCC(C)C1CCCN1. The molecule has 0 bridgehead atoms. The molecule has 0 aromatic heterocycles. The second-order valence-corrected chi connectivity index (χ2v) is 3.14.